The van der Waals surface area contributed by atoms with Crippen molar-refractivity contribution >= 4 is 28.4 Å². The van der Waals surface area contributed by atoms with E-state index >= 15 is 0 Å². The Morgan fingerprint density at radius 3 is 2.79 bits per heavy atom. The first-order valence-corrected chi connectivity index (χ1v) is 9.12. The van der Waals surface area contributed by atoms with Crippen molar-refractivity contribution in [2.24, 2.45) is 5.92 Å². The molecule has 3 fully saturated rings. The Kier molecular flexibility index (Phi) is 3.88. The number of benzene rings is 1. The van der Waals surface area contributed by atoms with Crippen molar-refractivity contribution in [1.29, 1.82) is 0 Å². The average Bonchev–Trinajstić information content (AvgIpc) is 2.97. The third-order valence-electron chi connectivity index (χ3n) is 5.72. The van der Waals surface area contributed by atoms with Crippen molar-refractivity contribution in [3.05, 3.63) is 17.2 Å². The molecular weight excluding hydrogens is 326 g/mol. The molecule has 0 radical (unpaired) electrons. The number of halogens is 1. The SMILES string of the molecule is CCOc1c(Cl)ccc2c(NC3C4CCN(CC4)C3(C)C)noc12. The van der Waals surface area contributed by atoms with Gasteiger partial charge in [0.15, 0.2) is 11.6 Å². The van der Waals surface area contributed by atoms with Gasteiger partial charge in [-0.1, -0.05) is 16.8 Å². The quantitative estimate of drug-likeness (QED) is 0.898. The van der Waals surface area contributed by atoms with Crippen molar-refractivity contribution in [2.45, 2.75) is 45.2 Å². The van der Waals surface area contributed by atoms with Crippen LogP contribution in [0.5, 0.6) is 5.75 Å². The van der Waals surface area contributed by atoms with E-state index in [-0.39, 0.29) is 5.54 Å². The second kappa shape index (κ2) is 5.81. The van der Waals surface area contributed by atoms with Gasteiger partial charge in [0.2, 0.25) is 5.58 Å². The van der Waals surface area contributed by atoms with Crippen LogP contribution in [0.15, 0.2) is 16.7 Å². The molecule has 3 aliphatic rings. The summed E-state index contributed by atoms with van der Waals surface area (Å²) in [5.74, 6) is 2.04. The van der Waals surface area contributed by atoms with Crippen molar-refractivity contribution in [3.63, 3.8) is 0 Å². The summed E-state index contributed by atoms with van der Waals surface area (Å²) >= 11 is 6.24. The van der Waals surface area contributed by atoms with E-state index in [0.717, 1.165) is 11.2 Å². The lowest BCUT2D eigenvalue weighted by molar-refractivity contribution is -0.0189. The topological polar surface area (TPSA) is 50.5 Å². The van der Waals surface area contributed by atoms with Gasteiger partial charge in [0.1, 0.15) is 0 Å². The summed E-state index contributed by atoms with van der Waals surface area (Å²) in [5, 5.41) is 9.43. The maximum atomic E-state index is 6.24. The lowest BCUT2D eigenvalue weighted by Gasteiger charge is -2.56. The molecule has 3 aliphatic heterocycles. The molecule has 2 bridgehead atoms. The molecule has 3 saturated heterocycles. The number of hydrogen-bond donors (Lipinski definition) is 1. The van der Waals surface area contributed by atoms with Crippen molar-refractivity contribution in [1.82, 2.24) is 10.1 Å². The van der Waals surface area contributed by atoms with Crippen LogP contribution >= 0.6 is 11.6 Å². The predicted molar refractivity (Wildman–Crippen MR) is 96.0 cm³/mol. The third kappa shape index (κ3) is 2.37. The number of nitrogens with one attached hydrogen (secondary N) is 1. The summed E-state index contributed by atoms with van der Waals surface area (Å²) in [7, 11) is 0. The van der Waals surface area contributed by atoms with Crippen LogP contribution in [0.4, 0.5) is 5.82 Å². The molecule has 0 saturated carbocycles. The van der Waals surface area contributed by atoms with E-state index < -0.39 is 0 Å². The van der Waals surface area contributed by atoms with E-state index in [1.165, 1.54) is 25.9 Å². The summed E-state index contributed by atoms with van der Waals surface area (Å²) in [6, 6.07) is 4.16. The molecule has 1 aromatic heterocycles. The summed E-state index contributed by atoms with van der Waals surface area (Å²) in [5.41, 5.74) is 0.729. The molecule has 1 N–H and O–H groups in total. The fraction of sp³-hybridized carbons (Fsp3) is 0.611. The number of nitrogens with zero attached hydrogens (tertiary/aromatic N) is 2. The Morgan fingerprint density at radius 1 is 1.38 bits per heavy atom. The number of ether oxygens (including phenoxy) is 1. The van der Waals surface area contributed by atoms with Gasteiger partial charge in [-0.2, -0.15) is 0 Å². The Labute approximate surface area is 147 Å². The summed E-state index contributed by atoms with van der Waals surface area (Å²) in [6.07, 6.45) is 2.49. The van der Waals surface area contributed by atoms with Gasteiger partial charge in [0, 0.05) is 11.6 Å². The number of anilines is 1. The highest BCUT2D eigenvalue weighted by Gasteiger charge is 2.47. The molecule has 1 aromatic carbocycles. The van der Waals surface area contributed by atoms with Crippen LogP contribution in [0.25, 0.3) is 11.0 Å². The molecule has 6 heteroatoms. The van der Waals surface area contributed by atoms with Gasteiger partial charge < -0.3 is 14.6 Å². The summed E-state index contributed by atoms with van der Waals surface area (Å²) in [6.45, 7) is 9.50. The molecule has 0 aliphatic carbocycles. The third-order valence-corrected chi connectivity index (χ3v) is 6.01. The standard InChI is InChI=1S/C18H24ClN3O2/c1-4-23-15-13(19)6-5-12-14(15)24-21-17(12)20-16-11-7-9-22(10-8-11)18(16,2)3/h5-6,11,16H,4,7-10H2,1-3H3,(H,20,21). The summed E-state index contributed by atoms with van der Waals surface area (Å²) < 4.78 is 11.2. The number of piperidine rings is 3. The van der Waals surface area contributed by atoms with Crippen molar-refractivity contribution < 1.29 is 9.26 Å². The molecule has 24 heavy (non-hydrogen) atoms. The number of rotatable bonds is 4. The van der Waals surface area contributed by atoms with Crippen LogP contribution in [0.3, 0.4) is 0 Å². The Balaban J connectivity index is 1.69. The number of aromatic nitrogens is 1. The van der Waals surface area contributed by atoms with Gasteiger partial charge in [0.05, 0.1) is 17.0 Å². The van der Waals surface area contributed by atoms with Gasteiger partial charge in [-0.15, -0.1) is 0 Å². The molecular formula is C18H24ClN3O2. The molecule has 5 nitrogen and oxygen atoms in total. The van der Waals surface area contributed by atoms with Gasteiger partial charge in [-0.25, -0.2) is 0 Å². The fourth-order valence-electron chi connectivity index (χ4n) is 4.36. The Hall–Kier alpha value is -1.46. The number of fused-ring (bicyclic) bond motifs is 4. The van der Waals surface area contributed by atoms with E-state index in [9.17, 15) is 0 Å². The predicted octanol–water partition coefficient (Wildman–Crippen LogP) is 4.16. The molecule has 1 atom stereocenters. The first kappa shape index (κ1) is 16.0. The zero-order chi connectivity index (χ0) is 16.9. The van der Waals surface area contributed by atoms with E-state index in [1.54, 1.807) is 0 Å². The maximum Gasteiger partial charge on any atom is 0.212 e. The van der Waals surface area contributed by atoms with E-state index in [1.807, 2.05) is 19.1 Å². The molecule has 0 amide bonds. The average molecular weight is 350 g/mol. The lowest BCUT2D eigenvalue weighted by atomic mass is 9.72. The van der Waals surface area contributed by atoms with Gasteiger partial charge in [0.25, 0.3) is 0 Å². The smallest absolute Gasteiger partial charge is 0.212 e. The Bertz CT molecular complexity index is 750. The van der Waals surface area contributed by atoms with Crippen LogP contribution in [0, 0.1) is 5.92 Å². The van der Waals surface area contributed by atoms with Crippen LogP contribution in [-0.2, 0) is 0 Å². The molecule has 5 rings (SSSR count). The van der Waals surface area contributed by atoms with Crippen molar-refractivity contribution in [3.8, 4) is 5.75 Å². The maximum absolute atomic E-state index is 6.24. The van der Waals surface area contributed by atoms with Crippen LogP contribution in [-0.4, -0.2) is 41.3 Å². The van der Waals surface area contributed by atoms with Gasteiger partial charge in [-0.3, -0.25) is 4.90 Å². The van der Waals surface area contributed by atoms with Gasteiger partial charge in [-0.05, 0) is 64.8 Å². The monoisotopic (exact) mass is 349 g/mol. The minimum absolute atomic E-state index is 0.113. The van der Waals surface area contributed by atoms with Crippen LogP contribution < -0.4 is 10.1 Å². The largest absolute Gasteiger partial charge is 0.488 e. The minimum atomic E-state index is 0.113. The minimum Gasteiger partial charge on any atom is -0.488 e. The second-order valence-corrected chi connectivity index (χ2v) is 7.72. The molecule has 4 heterocycles. The first-order valence-electron chi connectivity index (χ1n) is 8.74. The van der Waals surface area contributed by atoms with E-state index in [2.05, 4.69) is 29.2 Å². The first-order chi connectivity index (χ1) is 11.5. The molecule has 130 valence electrons. The molecule has 1 unspecified atom stereocenters. The Morgan fingerprint density at radius 2 is 2.12 bits per heavy atom. The van der Waals surface area contributed by atoms with Crippen LogP contribution in [0.1, 0.15) is 33.6 Å². The highest BCUT2D eigenvalue weighted by Crippen LogP contribution is 2.42. The highest BCUT2D eigenvalue weighted by atomic mass is 35.5. The fourth-order valence-corrected chi connectivity index (χ4v) is 4.57. The number of hydrogen-bond acceptors (Lipinski definition) is 5. The zero-order valence-corrected chi connectivity index (χ0v) is 15.2. The van der Waals surface area contributed by atoms with Gasteiger partial charge >= 0.3 is 0 Å². The van der Waals surface area contributed by atoms with E-state index in [4.69, 9.17) is 20.9 Å². The summed E-state index contributed by atoms with van der Waals surface area (Å²) in [4.78, 5) is 2.58. The zero-order valence-electron chi connectivity index (χ0n) is 14.4. The van der Waals surface area contributed by atoms with E-state index in [0.29, 0.717) is 34.9 Å². The van der Waals surface area contributed by atoms with Crippen LogP contribution in [0.2, 0.25) is 5.02 Å². The molecule has 2 aromatic rings. The normalized spacial score (nSPS) is 28.2. The lowest BCUT2D eigenvalue weighted by Crippen LogP contribution is -2.66. The molecule has 0 spiro atoms. The van der Waals surface area contributed by atoms with Crippen molar-refractivity contribution in [2.75, 3.05) is 25.0 Å². The second-order valence-electron chi connectivity index (χ2n) is 7.32. The highest BCUT2D eigenvalue weighted by molar-refractivity contribution is 6.33.